The van der Waals surface area contributed by atoms with Crippen LogP contribution >= 0.6 is 0 Å². The number of amides is 2. The molecular weight excluding hydrogens is 438 g/mol. The third-order valence-corrected chi connectivity index (χ3v) is 8.55. The molecular formula is C28H35N5O2. The molecule has 35 heavy (non-hydrogen) atoms. The monoisotopic (exact) mass is 473 g/mol. The average molecular weight is 474 g/mol. The maximum Gasteiger partial charge on any atom is 0.225 e. The van der Waals surface area contributed by atoms with E-state index in [0.29, 0.717) is 36.2 Å². The zero-order valence-electron chi connectivity index (χ0n) is 20.2. The maximum absolute atomic E-state index is 13.2. The largest absolute Gasteiger partial charge is 0.342 e. The molecule has 3 N–H and O–H groups in total. The topological polar surface area (TPSA) is 76.7 Å². The second-order valence-electron chi connectivity index (χ2n) is 10.8. The number of carbonyl (C=O) groups excluding carboxylic acids is 2. The molecule has 7 nitrogen and oxygen atoms in total. The lowest BCUT2D eigenvalue weighted by molar-refractivity contribution is -0.136. The molecule has 0 aromatic heterocycles. The van der Waals surface area contributed by atoms with E-state index in [-0.39, 0.29) is 11.8 Å². The summed E-state index contributed by atoms with van der Waals surface area (Å²) < 4.78 is 0. The van der Waals surface area contributed by atoms with Gasteiger partial charge in [-0.15, -0.1) is 0 Å². The van der Waals surface area contributed by atoms with Gasteiger partial charge in [0.1, 0.15) is 0 Å². The third kappa shape index (κ3) is 4.73. The highest BCUT2D eigenvalue weighted by Gasteiger charge is 2.45. The quantitative estimate of drug-likeness (QED) is 0.622. The van der Waals surface area contributed by atoms with Crippen LogP contribution in [0, 0.1) is 17.8 Å². The Hall–Kier alpha value is -2.74. The Labute approximate surface area is 207 Å². The summed E-state index contributed by atoms with van der Waals surface area (Å²) in [6.07, 6.45) is 4.20. The highest BCUT2D eigenvalue weighted by atomic mass is 16.2. The fourth-order valence-electron chi connectivity index (χ4n) is 6.49. The highest BCUT2D eigenvalue weighted by molar-refractivity contribution is 5.80. The van der Waals surface area contributed by atoms with E-state index in [4.69, 9.17) is 0 Å². The number of fused-ring (bicyclic) bond motifs is 2. The molecule has 1 aliphatic carbocycles. The van der Waals surface area contributed by atoms with Gasteiger partial charge in [0.15, 0.2) is 0 Å². The Kier molecular flexibility index (Phi) is 6.31. The lowest BCUT2D eigenvalue weighted by Gasteiger charge is -2.32. The minimum absolute atomic E-state index is 0.121. The van der Waals surface area contributed by atoms with E-state index in [9.17, 15) is 9.59 Å². The first-order valence-electron chi connectivity index (χ1n) is 13.1. The predicted octanol–water partition coefficient (Wildman–Crippen LogP) is 2.35. The minimum Gasteiger partial charge on any atom is -0.342 e. The van der Waals surface area contributed by atoms with Crippen molar-refractivity contribution < 1.29 is 9.59 Å². The molecule has 3 heterocycles. The lowest BCUT2D eigenvalue weighted by Crippen LogP contribution is -2.45. The lowest BCUT2D eigenvalue weighted by atomic mass is 9.82. The summed E-state index contributed by atoms with van der Waals surface area (Å²) in [7, 11) is 0. The van der Waals surface area contributed by atoms with Crippen molar-refractivity contribution in [1.82, 2.24) is 26.2 Å². The average Bonchev–Trinajstić information content (AvgIpc) is 3.62. The Balaban J connectivity index is 0.970. The van der Waals surface area contributed by atoms with Crippen LogP contribution in [0.3, 0.4) is 0 Å². The van der Waals surface area contributed by atoms with Crippen LogP contribution in [-0.4, -0.2) is 59.9 Å². The van der Waals surface area contributed by atoms with Gasteiger partial charge in [-0.2, -0.15) is 5.53 Å². The van der Waals surface area contributed by atoms with Gasteiger partial charge in [0.05, 0.1) is 0 Å². The van der Waals surface area contributed by atoms with Crippen LogP contribution in [0.2, 0.25) is 0 Å². The predicted molar refractivity (Wildman–Crippen MR) is 135 cm³/mol. The standard InChI is InChI=1S/C28H35N5O2/c34-27(13-8-19-6-9-21(10-7-19)20-4-2-1-3-5-20)32-15-23-17-33(18-24(23)16-32)28(35)22-11-12-25-26(14-22)30-31-29-25/h1-7,9-10,22-26,29-31H,8,11-18H2/t22?,23-,24-,25?,26?/m1/s1. The van der Waals surface area contributed by atoms with Crippen molar-refractivity contribution in [3.05, 3.63) is 60.2 Å². The summed E-state index contributed by atoms with van der Waals surface area (Å²) >= 11 is 0. The smallest absolute Gasteiger partial charge is 0.225 e. The van der Waals surface area contributed by atoms with E-state index < -0.39 is 0 Å². The molecule has 4 fully saturated rings. The fraction of sp³-hybridized carbons (Fsp3) is 0.500. The molecule has 0 bridgehead atoms. The second kappa shape index (κ2) is 9.72. The number of aryl methyl sites for hydroxylation is 1. The van der Waals surface area contributed by atoms with Crippen LogP contribution < -0.4 is 16.4 Å². The van der Waals surface area contributed by atoms with Crippen LogP contribution in [0.25, 0.3) is 11.1 Å². The third-order valence-electron chi connectivity index (χ3n) is 8.55. The molecule has 184 valence electrons. The number of nitrogens with one attached hydrogen (secondary N) is 3. The summed E-state index contributed by atoms with van der Waals surface area (Å²) in [6.45, 7) is 3.21. The van der Waals surface area contributed by atoms with E-state index in [1.807, 2.05) is 11.0 Å². The first-order chi connectivity index (χ1) is 17.1. The number of hydrogen-bond acceptors (Lipinski definition) is 5. The van der Waals surface area contributed by atoms with Crippen molar-refractivity contribution in [2.24, 2.45) is 17.8 Å². The molecule has 1 saturated carbocycles. The summed E-state index contributed by atoms with van der Waals surface area (Å²) in [5, 5.41) is 0. The van der Waals surface area contributed by atoms with Gasteiger partial charge in [-0.05, 0) is 42.4 Å². The maximum atomic E-state index is 13.2. The van der Waals surface area contributed by atoms with Gasteiger partial charge < -0.3 is 9.80 Å². The number of hydrazine groups is 2. The zero-order valence-corrected chi connectivity index (χ0v) is 20.2. The SMILES string of the molecule is O=C(CCc1ccc(-c2ccccc2)cc1)N1C[C@@H]2CN(C(=O)C3CCC4NNNC4C3)C[C@H]2C1. The van der Waals surface area contributed by atoms with Crippen LogP contribution in [0.4, 0.5) is 0 Å². The van der Waals surface area contributed by atoms with Crippen molar-refractivity contribution in [3.8, 4) is 11.1 Å². The number of nitrogens with zero attached hydrogens (tertiary/aromatic N) is 2. The van der Waals surface area contributed by atoms with E-state index >= 15 is 0 Å². The summed E-state index contributed by atoms with van der Waals surface area (Å²) in [4.78, 5) is 30.3. The van der Waals surface area contributed by atoms with E-state index in [0.717, 1.165) is 51.9 Å². The van der Waals surface area contributed by atoms with Gasteiger partial charge in [0.2, 0.25) is 11.8 Å². The van der Waals surface area contributed by atoms with Crippen LogP contribution in [-0.2, 0) is 16.0 Å². The second-order valence-corrected chi connectivity index (χ2v) is 10.8. The normalized spacial score (nSPS) is 29.8. The molecule has 6 rings (SSSR count). The molecule has 2 aromatic rings. The van der Waals surface area contributed by atoms with Gasteiger partial charge in [0, 0.05) is 62.4 Å². The van der Waals surface area contributed by atoms with Crippen molar-refractivity contribution in [2.75, 3.05) is 26.2 Å². The van der Waals surface area contributed by atoms with E-state index in [1.54, 1.807) is 0 Å². The van der Waals surface area contributed by atoms with E-state index in [2.05, 4.69) is 69.8 Å². The number of carbonyl (C=O) groups is 2. The summed E-state index contributed by atoms with van der Waals surface area (Å²) in [5.41, 5.74) is 13.1. The van der Waals surface area contributed by atoms with Gasteiger partial charge in [0.25, 0.3) is 0 Å². The Morgan fingerprint density at radius 1 is 0.771 bits per heavy atom. The van der Waals surface area contributed by atoms with E-state index in [1.165, 1.54) is 16.7 Å². The number of likely N-dealkylation sites (tertiary alicyclic amines) is 2. The van der Waals surface area contributed by atoms with Gasteiger partial charge in [-0.1, -0.05) is 54.6 Å². The molecule has 4 aliphatic rings. The summed E-state index contributed by atoms with van der Waals surface area (Å²) in [6, 6.07) is 19.7. The van der Waals surface area contributed by atoms with Crippen LogP contribution in [0.15, 0.2) is 54.6 Å². The zero-order chi connectivity index (χ0) is 23.8. The fourth-order valence-corrected chi connectivity index (χ4v) is 6.49. The molecule has 5 atom stereocenters. The molecule has 3 aliphatic heterocycles. The molecule has 0 radical (unpaired) electrons. The van der Waals surface area contributed by atoms with Crippen molar-refractivity contribution in [2.45, 2.75) is 44.2 Å². The van der Waals surface area contributed by atoms with Crippen molar-refractivity contribution >= 4 is 11.8 Å². The molecule has 7 heteroatoms. The van der Waals surface area contributed by atoms with Crippen molar-refractivity contribution in [3.63, 3.8) is 0 Å². The number of rotatable bonds is 5. The Morgan fingerprint density at radius 3 is 2.17 bits per heavy atom. The number of hydrogen-bond donors (Lipinski definition) is 3. The molecule has 3 unspecified atom stereocenters. The Bertz CT molecular complexity index is 1040. The minimum atomic E-state index is 0.121. The van der Waals surface area contributed by atoms with Gasteiger partial charge in [-0.25, -0.2) is 10.9 Å². The number of benzene rings is 2. The molecule has 2 amide bonds. The van der Waals surface area contributed by atoms with Gasteiger partial charge in [-0.3, -0.25) is 9.59 Å². The highest BCUT2D eigenvalue weighted by Crippen LogP contribution is 2.35. The molecule has 3 saturated heterocycles. The molecule has 0 spiro atoms. The molecule has 2 aromatic carbocycles. The first kappa shape index (κ1) is 22.7. The Morgan fingerprint density at radius 2 is 1.43 bits per heavy atom. The summed E-state index contributed by atoms with van der Waals surface area (Å²) in [5.74, 6) is 1.54. The van der Waals surface area contributed by atoms with Crippen molar-refractivity contribution in [1.29, 1.82) is 0 Å². The van der Waals surface area contributed by atoms with Gasteiger partial charge >= 0.3 is 0 Å². The van der Waals surface area contributed by atoms with Crippen LogP contribution in [0.5, 0.6) is 0 Å². The first-order valence-corrected chi connectivity index (χ1v) is 13.1. The van der Waals surface area contributed by atoms with Crippen LogP contribution in [0.1, 0.15) is 31.2 Å².